The minimum absolute atomic E-state index is 0.565. The van der Waals surface area contributed by atoms with Gasteiger partial charge in [0.25, 0.3) is 0 Å². The lowest BCUT2D eigenvalue weighted by molar-refractivity contribution is 0.107. The van der Waals surface area contributed by atoms with Gasteiger partial charge >= 0.3 is 0 Å². The number of aromatic nitrogens is 2. The predicted molar refractivity (Wildman–Crippen MR) is 51.6 cm³/mol. The number of ether oxygens (including phenoxy) is 1. The summed E-state index contributed by atoms with van der Waals surface area (Å²) < 4.78 is 5.30. The highest BCUT2D eigenvalue weighted by Crippen LogP contribution is 2.22. The van der Waals surface area contributed by atoms with E-state index in [0.29, 0.717) is 12.4 Å². The molecule has 1 aromatic rings. The molecule has 1 aliphatic rings. The monoisotopic (exact) mass is 197 g/mol. The second kappa shape index (κ2) is 3.51. The van der Waals surface area contributed by atoms with Crippen molar-refractivity contribution in [1.82, 2.24) is 9.97 Å². The standard InChI is InChI=1S/C8H11N3OS/c1-13-8-10-6-4-12-3-2-5(6)7(9)11-8/h2-4H2,1H3,(H2,9,10,11). The lowest BCUT2D eigenvalue weighted by Gasteiger charge is -2.16. The molecule has 0 atom stereocenters. The first-order chi connectivity index (χ1) is 6.31. The molecular formula is C8H11N3OS. The Hall–Kier alpha value is -0.810. The number of hydrogen-bond donors (Lipinski definition) is 1. The first kappa shape index (κ1) is 8.77. The summed E-state index contributed by atoms with van der Waals surface area (Å²) in [6, 6.07) is 0. The van der Waals surface area contributed by atoms with E-state index in [0.717, 1.165) is 29.4 Å². The Morgan fingerprint density at radius 3 is 3.08 bits per heavy atom. The van der Waals surface area contributed by atoms with Crippen LogP contribution in [0.3, 0.4) is 0 Å². The van der Waals surface area contributed by atoms with Crippen molar-refractivity contribution in [3.8, 4) is 0 Å². The highest BCUT2D eigenvalue weighted by atomic mass is 32.2. The number of thioether (sulfide) groups is 1. The van der Waals surface area contributed by atoms with E-state index in [1.165, 1.54) is 11.8 Å². The average molecular weight is 197 g/mol. The van der Waals surface area contributed by atoms with Gasteiger partial charge in [-0.2, -0.15) is 0 Å². The van der Waals surface area contributed by atoms with Crippen molar-refractivity contribution in [2.75, 3.05) is 18.6 Å². The molecule has 0 spiro atoms. The highest BCUT2D eigenvalue weighted by molar-refractivity contribution is 7.98. The molecule has 70 valence electrons. The normalized spacial score (nSPS) is 15.5. The van der Waals surface area contributed by atoms with Crippen molar-refractivity contribution < 1.29 is 4.74 Å². The summed E-state index contributed by atoms with van der Waals surface area (Å²) in [5.74, 6) is 0.609. The first-order valence-electron chi connectivity index (χ1n) is 4.08. The Morgan fingerprint density at radius 1 is 1.46 bits per heavy atom. The van der Waals surface area contributed by atoms with Crippen LogP contribution in [0.25, 0.3) is 0 Å². The molecule has 1 aliphatic heterocycles. The van der Waals surface area contributed by atoms with E-state index in [4.69, 9.17) is 10.5 Å². The van der Waals surface area contributed by atoms with Gasteiger partial charge in [0, 0.05) is 12.0 Å². The SMILES string of the molecule is CSc1nc(N)c2c(n1)COCC2. The number of nitrogens with zero attached hydrogens (tertiary/aromatic N) is 2. The van der Waals surface area contributed by atoms with Gasteiger partial charge in [0.1, 0.15) is 5.82 Å². The summed E-state index contributed by atoms with van der Waals surface area (Å²) in [5.41, 5.74) is 7.80. The minimum atomic E-state index is 0.565. The molecule has 4 nitrogen and oxygen atoms in total. The summed E-state index contributed by atoms with van der Waals surface area (Å²) >= 11 is 1.50. The van der Waals surface area contributed by atoms with Gasteiger partial charge in [0.15, 0.2) is 5.16 Å². The summed E-state index contributed by atoms with van der Waals surface area (Å²) in [5, 5.41) is 0.724. The van der Waals surface area contributed by atoms with Gasteiger partial charge in [-0.15, -0.1) is 0 Å². The molecule has 0 aliphatic carbocycles. The summed E-state index contributed by atoms with van der Waals surface area (Å²) in [7, 11) is 0. The highest BCUT2D eigenvalue weighted by Gasteiger charge is 2.15. The maximum atomic E-state index is 5.80. The Morgan fingerprint density at radius 2 is 2.31 bits per heavy atom. The van der Waals surface area contributed by atoms with Gasteiger partial charge in [0.2, 0.25) is 0 Å². The Bertz CT molecular complexity index is 329. The van der Waals surface area contributed by atoms with Gasteiger partial charge in [-0.25, -0.2) is 9.97 Å². The van der Waals surface area contributed by atoms with Crippen LogP contribution in [-0.4, -0.2) is 22.8 Å². The zero-order chi connectivity index (χ0) is 9.26. The summed E-state index contributed by atoms with van der Waals surface area (Å²) in [6.45, 7) is 1.29. The summed E-state index contributed by atoms with van der Waals surface area (Å²) in [6.07, 6.45) is 2.76. The fourth-order valence-electron chi connectivity index (χ4n) is 1.35. The third-order valence-electron chi connectivity index (χ3n) is 2.02. The molecular weight excluding hydrogens is 186 g/mol. The molecule has 0 aromatic carbocycles. The van der Waals surface area contributed by atoms with Gasteiger partial charge in [-0.05, 0) is 6.26 Å². The second-order valence-electron chi connectivity index (χ2n) is 2.82. The van der Waals surface area contributed by atoms with Crippen molar-refractivity contribution in [3.63, 3.8) is 0 Å². The predicted octanol–water partition coefficient (Wildman–Crippen LogP) is 0.853. The minimum Gasteiger partial charge on any atom is -0.383 e. The molecule has 1 aromatic heterocycles. The fraction of sp³-hybridized carbons (Fsp3) is 0.500. The van der Waals surface area contributed by atoms with Crippen LogP contribution >= 0.6 is 11.8 Å². The van der Waals surface area contributed by atoms with E-state index >= 15 is 0 Å². The molecule has 5 heteroatoms. The largest absolute Gasteiger partial charge is 0.383 e. The molecule has 13 heavy (non-hydrogen) atoms. The van der Waals surface area contributed by atoms with Crippen LogP contribution in [0.4, 0.5) is 5.82 Å². The molecule has 0 radical (unpaired) electrons. The van der Waals surface area contributed by atoms with E-state index in [9.17, 15) is 0 Å². The maximum Gasteiger partial charge on any atom is 0.189 e. The molecule has 2 N–H and O–H groups in total. The van der Waals surface area contributed by atoms with Gasteiger partial charge in [0.05, 0.1) is 18.9 Å². The number of nitrogen functional groups attached to an aromatic ring is 1. The summed E-state index contributed by atoms with van der Waals surface area (Å²) in [4.78, 5) is 8.52. The van der Waals surface area contributed by atoms with Crippen molar-refractivity contribution in [3.05, 3.63) is 11.3 Å². The van der Waals surface area contributed by atoms with E-state index in [-0.39, 0.29) is 0 Å². The van der Waals surface area contributed by atoms with Gasteiger partial charge in [-0.3, -0.25) is 0 Å². The molecule has 0 bridgehead atoms. The van der Waals surface area contributed by atoms with E-state index in [2.05, 4.69) is 9.97 Å². The van der Waals surface area contributed by atoms with Crippen LogP contribution in [0.5, 0.6) is 0 Å². The number of rotatable bonds is 1. The third-order valence-corrected chi connectivity index (χ3v) is 2.57. The quantitative estimate of drug-likeness (QED) is 0.534. The van der Waals surface area contributed by atoms with E-state index in [1.54, 1.807) is 0 Å². The molecule has 0 fully saturated rings. The fourth-order valence-corrected chi connectivity index (χ4v) is 1.74. The maximum absolute atomic E-state index is 5.80. The van der Waals surface area contributed by atoms with Gasteiger partial charge in [-0.1, -0.05) is 11.8 Å². The van der Waals surface area contributed by atoms with Gasteiger partial charge < -0.3 is 10.5 Å². The van der Waals surface area contributed by atoms with Crippen molar-refractivity contribution in [2.24, 2.45) is 0 Å². The number of hydrogen-bond acceptors (Lipinski definition) is 5. The average Bonchev–Trinajstić information content (AvgIpc) is 2.18. The lowest BCUT2D eigenvalue weighted by atomic mass is 10.1. The number of fused-ring (bicyclic) bond motifs is 1. The van der Waals surface area contributed by atoms with E-state index < -0.39 is 0 Å². The van der Waals surface area contributed by atoms with Crippen LogP contribution in [0, 0.1) is 0 Å². The smallest absolute Gasteiger partial charge is 0.189 e. The Balaban J connectivity index is 2.47. The van der Waals surface area contributed by atoms with Crippen molar-refractivity contribution in [2.45, 2.75) is 18.2 Å². The Kier molecular flexibility index (Phi) is 2.37. The topological polar surface area (TPSA) is 61.0 Å². The molecule has 2 rings (SSSR count). The van der Waals surface area contributed by atoms with Crippen LogP contribution in [0.2, 0.25) is 0 Å². The Labute approximate surface area is 80.9 Å². The molecule has 0 saturated carbocycles. The lowest BCUT2D eigenvalue weighted by Crippen LogP contribution is -2.15. The van der Waals surface area contributed by atoms with Crippen LogP contribution < -0.4 is 5.73 Å². The first-order valence-corrected chi connectivity index (χ1v) is 5.30. The third kappa shape index (κ3) is 1.62. The molecule has 0 amide bonds. The zero-order valence-electron chi connectivity index (χ0n) is 7.41. The molecule has 0 unspecified atom stereocenters. The second-order valence-corrected chi connectivity index (χ2v) is 3.60. The van der Waals surface area contributed by atoms with Crippen LogP contribution in [0.15, 0.2) is 5.16 Å². The van der Waals surface area contributed by atoms with Crippen molar-refractivity contribution >= 4 is 17.6 Å². The molecule has 2 heterocycles. The van der Waals surface area contributed by atoms with Crippen molar-refractivity contribution in [1.29, 1.82) is 0 Å². The molecule has 0 saturated heterocycles. The number of nitrogens with two attached hydrogens (primary N) is 1. The van der Waals surface area contributed by atoms with Crippen LogP contribution in [0.1, 0.15) is 11.3 Å². The zero-order valence-corrected chi connectivity index (χ0v) is 8.23. The number of anilines is 1. The van der Waals surface area contributed by atoms with E-state index in [1.807, 2.05) is 6.26 Å². The van der Waals surface area contributed by atoms with Crippen LogP contribution in [-0.2, 0) is 17.8 Å².